The zero-order chi connectivity index (χ0) is 15.9. The lowest BCUT2D eigenvalue weighted by molar-refractivity contribution is -0.125. The SMILES string of the molecule is CC(/C=C/C=O)=C1\C(=O)C[C@H]2[C@H]3CCC(=O)C[C@@H]3CC[C@]12C. The summed E-state index contributed by atoms with van der Waals surface area (Å²) in [5.41, 5.74) is 1.80. The number of allylic oxidation sites excluding steroid dienone is 4. The lowest BCUT2D eigenvalue weighted by atomic mass is 9.55. The number of aldehydes is 1. The summed E-state index contributed by atoms with van der Waals surface area (Å²) in [7, 11) is 0. The van der Waals surface area contributed by atoms with E-state index >= 15 is 0 Å². The maximum Gasteiger partial charge on any atom is 0.160 e. The van der Waals surface area contributed by atoms with Gasteiger partial charge < -0.3 is 0 Å². The van der Waals surface area contributed by atoms with Crippen molar-refractivity contribution in [1.29, 1.82) is 0 Å². The molecular weight excluding hydrogens is 276 g/mol. The maximum atomic E-state index is 12.6. The summed E-state index contributed by atoms with van der Waals surface area (Å²) in [6.07, 6.45) is 9.00. The minimum atomic E-state index is -0.0735. The van der Waals surface area contributed by atoms with Gasteiger partial charge in [-0.25, -0.2) is 0 Å². The number of carbonyl (C=O) groups is 3. The minimum Gasteiger partial charge on any atom is -0.300 e. The molecule has 0 N–H and O–H groups in total. The van der Waals surface area contributed by atoms with Crippen LogP contribution in [0.15, 0.2) is 23.3 Å². The fraction of sp³-hybridized carbons (Fsp3) is 0.632. The predicted octanol–water partition coefficient (Wildman–Crippen LogP) is 3.43. The van der Waals surface area contributed by atoms with E-state index < -0.39 is 0 Å². The van der Waals surface area contributed by atoms with Gasteiger partial charge in [-0.05, 0) is 61.0 Å². The Labute approximate surface area is 131 Å². The summed E-state index contributed by atoms with van der Waals surface area (Å²) in [6, 6.07) is 0. The number of hydrogen-bond donors (Lipinski definition) is 0. The Kier molecular flexibility index (Phi) is 3.92. The van der Waals surface area contributed by atoms with Gasteiger partial charge in [-0.15, -0.1) is 0 Å². The molecule has 0 aromatic rings. The number of carbonyl (C=O) groups excluding carboxylic acids is 3. The predicted molar refractivity (Wildman–Crippen MR) is 84.2 cm³/mol. The molecule has 3 saturated carbocycles. The van der Waals surface area contributed by atoms with Gasteiger partial charge in [-0.3, -0.25) is 14.4 Å². The molecule has 0 aromatic heterocycles. The monoisotopic (exact) mass is 300 g/mol. The lowest BCUT2D eigenvalue weighted by Gasteiger charge is -2.48. The van der Waals surface area contributed by atoms with Crippen molar-refractivity contribution in [2.75, 3.05) is 0 Å². The fourth-order valence-corrected chi connectivity index (χ4v) is 5.34. The second kappa shape index (κ2) is 5.60. The van der Waals surface area contributed by atoms with Crippen molar-refractivity contribution in [3.8, 4) is 0 Å². The van der Waals surface area contributed by atoms with E-state index in [9.17, 15) is 14.4 Å². The van der Waals surface area contributed by atoms with Crippen LogP contribution in [0.2, 0.25) is 0 Å². The van der Waals surface area contributed by atoms with Crippen LogP contribution in [-0.4, -0.2) is 17.9 Å². The molecule has 3 fully saturated rings. The minimum absolute atomic E-state index is 0.0735. The van der Waals surface area contributed by atoms with E-state index in [1.807, 2.05) is 6.92 Å². The maximum absolute atomic E-state index is 12.6. The zero-order valence-electron chi connectivity index (χ0n) is 13.4. The molecule has 0 spiro atoms. The Balaban J connectivity index is 1.96. The van der Waals surface area contributed by atoms with Gasteiger partial charge in [0.1, 0.15) is 12.1 Å². The summed E-state index contributed by atoms with van der Waals surface area (Å²) >= 11 is 0. The van der Waals surface area contributed by atoms with E-state index in [1.54, 1.807) is 6.08 Å². The molecule has 118 valence electrons. The van der Waals surface area contributed by atoms with Crippen molar-refractivity contribution in [3.63, 3.8) is 0 Å². The average molecular weight is 300 g/mol. The molecule has 0 amide bonds. The van der Waals surface area contributed by atoms with Crippen molar-refractivity contribution < 1.29 is 14.4 Å². The molecule has 0 heterocycles. The molecule has 3 aliphatic rings. The highest BCUT2D eigenvalue weighted by Gasteiger charge is 2.55. The van der Waals surface area contributed by atoms with Gasteiger partial charge in [0, 0.05) is 24.8 Å². The third-order valence-electron chi connectivity index (χ3n) is 6.30. The van der Waals surface area contributed by atoms with Crippen LogP contribution in [0.5, 0.6) is 0 Å². The number of Topliss-reactive ketones (excluding diaryl/α,β-unsaturated/α-hetero) is 2. The summed E-state index contributed by atoms with van der Waals surface area (Å²) in [5.74, 6) is 2.02. The Morgan fingerprint density at radius 2 is 2.00 bits per heavy atom. The van der Waals surface area contributed by atoms with Crippen molar-refractivity contribution in [2.24, 2.45) is 23.2 Å². The molecule has 22 heavy (non-hydrogen) atoms. The fourth-order valence-electron chi connectivity index (χ4n) is 5.34. The topological polar surface area (TPSA) is 51.2 Å². The average Bonchev–Trinajstić information content (AvgIpc) is 2.75. The van der Waals surface area contributed by atoms with E-state index in [-0.39, 0.29) is 11.2 Å². The highest BCUT2D eigenvalue weighted by Crippen LogP contribution is 2.60. The molecule has 4 atom stereocenters. The summed E-state index contributed by atoms with van der Waals surface area (Å²) in [6.45, 7) is 4.17. The van der Waals surface area contributed by atoms with E-state index in [0.717, 1.165) is 36.7 Å². The first kappa shape index (κ1) is 15.4. The van der Waals surface area contributed by atoms with E-state index in [4.69, 9.17) is 0 Å². The van der Waals surface area contributed by atoms with Crippen LogP contribution in [0.4, 0.5) is 0 Å². The first-order valence-corrected chi connectivity index (χ1v) is 8.35. The van der Waals surface area contributed by atoms with Crippen molar-refractivity contribution >= 4 is 17.9 Å². The Bertz CT molecular complexity index is 583. The van der Waals surface area contributed by atoms with Crippen molar-refractivity contribution in [3.05, 3.63) is 23.3 Å². The molecule has 0 saturated heterocycles. The number of fused-ring (bicyclic) bond motifs is 3. The Morgan fingerprint density at radius 3 is 2.73 bits per heavy atom. The van der Waals surface area contributed by atoms with Crippen LogP contribution < -0.4 is 0 Å². The molecule has 0 aromatic carbocycles. The van der Waals surface area contributed by atoms with Crippen molar-refractivity contribution in [2.45, 2.75) is 52.4 Å². The molecule has 3 aliphatic carbocycles. The first-order chi connectivity index (χ1) is 10.5. The van der Waals surface area contributed by atoms with Gasteiger partial charge >= 0.3 is 0 Å². The first-order valence-electron chi connectivity index (χ1n) is 8.35. The lowest BCUT2D eigenvalue weighted by Crippen LogP contribution is -2.42. The molecule has 0 radical (unpaired) electrons. The number of rotatable bonds is 2. The molecule has 0 bridgehead atoms. The highest BCUT2D eigenvalue weighted by molar-refractivity contribution is 6.01. The second-order valence-corrected chi connectivity index (χ2v) is 7.45. The van der Waals surface area contributed by atoms with Gasteiger partial charge in [0.05, 0.1) is 0 Å². The van der Waals surface area contributed by atoms with Crippen LogP contribution in [0.1, 0.15) is 52.4 Å². The van der Waals surface area contributed by atoms with Crippen LogP contribution in [0.3, 0.4) is 0 Å². The number of ketones is 2. The largest absolute Gasteiger partial charge is 0.300 e. The second-order valence-electron chi connectivity index (χ2n) is 7.45. The normalized spacial score (nSPS) is 40.5. The molecule has 3 nitrogen and oxygen atoms in total. The van der Waals surface area contributed by atoms with Gasteiger partial charge in [0.2, 0.25) is 0 Å². The van der Waals surface area contributed by atoms with Gasteiger partial charge in [-0.1, -0.05) is 13.0 Å². The van der Waals surface area contributed by atoms with Gasteiger partial charge in [-0.2, -0.15) is 0 Å². The van der Waals surface area contributed by atoms with Crippen LogP contribution in [0, 0.1) is 23.2 Å². The third-order valence-corrected chi connectivity index (χ3v) is 6.30. The van der Waals surface area contributed by atoms with Crippen molar-refractivity contribution in [1.82, 2.24) is 0 Å². The summed E-state index contributed by atoms with van der Waals surface area (Å²) in [5, 5.41) is 0. The smallest absolute Gasteiger partial charge is 0.160 e. The van der Waals surface area contributed by atoms with E-state index in [0.29, 0.717) is 42.8 Å². The standard InChI is InChI=1S/C19H24O3/c1-12(4-3-9-20)18-17(22)11-16-15-6-5-14(21)10-13(15)7-8-19(16,18)2/h3-4,9,13,15-16H,5-8,10-11H2,1-2H3/b4-3+,18-12-/t13-,15-,16-,19-/m0/s1. The molecule has 0 unspecified atom stereocenters. The Morgan fingerprint density at radius 1 is 1.23 bits per heavy atom. The summed E-state index contributed by atoms with van der Waals surface area (Å²) in [4.78, 5) is 34.9. The van der Waals surface area contributed by atoms with Crippen LogP contribution >= 0.6 is 0 Å². The van der Waals surface area contributed by atoms with Crippen LogP contribution in [0.25, 0.3) is 0 Å². The Hall–Kier alpha value is -1.51. The molecule has 0 aliphatic heterocycles. The molecular formula is C19H24O3. The highest BCUT2D eigenvalue weighted by atomic mass is 16.1. The quantitative estimate of drug-likeness (QED) is 0.580. The van der Waals surface area contributed by atoms with Crippen LogP contribution in [-0.2, 0) is 14.4 Å². The van der Waals surface area contributed by atoms with Gasteiger partial charge in [0.15, 0.2) is 5.78 Å². The van der Waals surface area contributed by atoms with E-state index in [2.05, 4.69) is 6.92 Å². The molecule has 3 rings (SSSR count). The zero-order valence-corrected chi connectivity index (χ0v) is 13.4. The number of hydrogen-bond acceptors (Lipinski definition) is 3. The van der Waals surface area contributed by atoms with E-state index in [1.165, 1.54) is 6.08 Å². The van der Waals surface area contributed by atoms with Gasteiger partial charge in [0.25, 0.3) is 0 Å². The summed E-state index contributed by atoms with van der Waals surface area (Å²) < 4.78 is 0. The molecule has 3 heteroatoms. The third kappa shape index (κ3) is 2.31.